The lowest BCUT2D eigenvalue weighted by Crippen LogP contribution is -2.51. The summed E-state index contributed by atoms with van der Waals surface area (Å²) >= 11 is 5.91. The van der Waals surface area contributed by atoms with E-state index in [1.54, 1.807) is 12.1 Å². The number of nitrogens with one attached hydrogen (secondary N) is 2. The standard InChI is InChI=1S/C22H34ClN3O5S/c23-17-5-4-6-19(15-17)32(29,30)25-20-8-7-18(31-21(20)16-27)9-11-24-22(28)10-14-26-12-2-1-3-13-26/h4-6,15,18,20-21,25,27H,1-3,7-14,16H2,(H,24,28)/t18-,20-,21+/m1/s1. The number of likely N-dealkylation sites (tertiary alicyclic amines) is 1. The number of halogens is 1. The number of amides is 1. The first-order chi connectivity index (χ1) is 15.4. The fourth-order valence-electron chi connectivity index (χ4n) is 4.28. The van der Waals surface area contributed by atoms with Crippen LogP contribution in [0.4, 0.5) is 0 Å². The van der Waals surface area contributed by atoms with Crippen molar-refractivity contribution in [1.82, 2.24) is 14.9 Å². The number of hydrogen-bond donors (Lipinski definition) is 3. The highest BCUT2D eigenvalue weighted by Crippen LogP contribution is 2.24. The molecule has 1 amide bonds. The van der Waals surface area contributed by atoms with E-state index < -0.39 is 22.2 Å². The van der Waals surface area contributed by atoms with E-state index >= 15 is 0 Å². The number of carbonyl (C=O) groups is 1. The van der Waals surface area contributed by atoms with Crippen LogP contribution in [0, 0.1) is 0 Å². The molecule has 0 unspecified atom stereocenters. The van der Waals surface area contributed by atoms with Crippen LogP contribution in [-0.4, -0.2) is 75.4 Å². The molecular formula is C22H34ClN3O5S. The van der Waals surface area contributed by atoms with Crippen LogP contribution in [0.2, 0.25) is 5.02 Å². The predicted octanol–water partition coefficient (Wildman–Crippen LogP) is 1.91. The molecule has 3 atom stereocenters. The normalized spacial score (nSPS) is 24.9. The molecule has 0 bridgehead atoms. The van der Waals surface area contributed by atoms with E-state index in [1.165, 1.54) is 31.4 Å². The molecule has 2 aliphatic heterocycles. The molecule has 180 valence electrons. The minimum Gasteiger partial charge on any atom is -0.394 e. The number of hydrogen-bond acceptors (Lipinski definition) is 6. The summed E-state index contributed by atoms with van der Waals surface area (Å²) < 4.78 is 33.9. The molecule has 10 heteroatoms. The lowest BCUT2D eigenvalue weighted by atomic mass is 9.98. The minimum atomic E-state index is -3.77. The smallest absolute Gasteiger partial charge is 0.240 e. The molecule has 0 aromatic heterocycles. The van der Waals surface area contributed by atoms with E-state index in [-0.39, 0.29) is 23.5 Å². The summed E-state index contributed by atoms with van der Waals surface area (Å²) in [4.78, 5) is 14.5. The van der Waals surface area contributed by atoms with Gasteiger partial charge in [0.2, 0.25) is 15.9 Å². The average molecular weight is 488 g/mol. The van der Waals surface area contributed by atoms with Crippen LogP contribution in [0.25, 0.3) is 0 Å². The topological polar surface area (TPSA) is 108 Å². The van der Waals surface area contributed by atoms with E-state index in [0.717, 1.165) is 19.6 Å². The van der Waals surface area contributed by atoms with Crippen molar-refractivity contribution in [1.29, 1.82) is 0 Å². The van der Waals surface area contributed by atoms with Gasteiger partial charge in [-0.15, -0.1) is 0 Å². The first-order valence-electron chi connectivity index (χ1n) is 11.4. The van der Waals surface area contributed by atoms with Crippen LogP contribution in [0.5, 0.6) is 0 Å². The van der Waals surface area contributed by atoms with Gasteiger partial charge >= 0.3 is 0 Å². The molecule has 2 saturated heterocycles. The van der Waals surface area contributed by atoms with E-state index in [2.05, 4.69) is 14.9 Å². The van der Waals surface area contributed by atoms with E-state index in [9.17, 15) is 18.3 Å². The number of nitrogens with zero attached hydrogens (tertiary/aromatic N) is 1. The Morgan fingerprint density at radius 1 is 1.22 bits per heavy atom. The third kappa shape index (κ3) is 7.67. The molecule has 3 N–H and O–H groups in total. The van der Waals surface area contributed by atoms with Crippen molar-refractivity contribution < 1.29 is 23.1 Å². The molecule has 2 heterocycles. The molecule has 3 rings (SSSR count). The van der Waals surface area contributed by atoms with Gasteiger partial charge in [0.1, 0.15) is 0 Å². The monoisotopic (exact) mass is 487 g/mol. The predicted molar refractivity (Wildman–Crippen MR) is 123 cm³/mol. The molecular weight excluding hydrogens is 454 g/mol. The lowest BCUT2D eigenvalue weighted by molar-refractivity contribution is -0.122. The molecule has 2 aliphatic rings. The van der Waals surface area contributed by atoms with Crippen molar-refractivity contribution in [2.24, 2.45) is 0 Å². The summed E-state index contributed by atoms with van der Waals surface area (Å²) in [6, 6.07) is 5.52. The second-order valence-corrected chi connectivity index (χ2v) is 10.7. The number of benzene rings is 1. The molecule has 32 heavy (non-hydrogen) atoms. The van der Waals surface area contributed by atoms with Crippen molar-refractivity contribution in [3.05, 3.63) is 29.3 Å². The van der Waals surface area contributed by atoms with Gasteiger partial charge in [-0.05, 0) is 63.4 Å². The molecule has 8 nitrogen and oxygen atoms in total. The Hall–Kier alpha value is -1.23. The fraction of sp³-hybridized carbons (Fsp3) is 0.682. The fourth-order valence-corrected chi connectivity index (χ4v) is 5.88. The van der Waals surface area contributed by atoms with Crippen LogP contribution < -0.4 is 10.0 Å². The second-order valence-electron chi connectivity index (χ2n) is 8.53. The average Bonchev–Trinajstić information content (AvgIpc) is 2.79. The maximum atomic E-state index is 12.7. The minimum absolute atomic E-state index is 0.0391. The highest BCUT2D eigenvalue weighted by molar-refractivity contribution is 7.89. The Morgan fingerprint density at radius 3 is 2.72 bits per heavy atom. The maximum absolute atomic E-state index is 12.7. The summed E-state index contributed by atoms with van der Waals surface area (Å²) in [7, 11) is -3.77. The van der Waals surface area contributed by atoms with Gasteiger partial charge in [0.15, 0.2) is 0 Å². The number of sulfonamides is 1. The number of aliphatic hydroxyl groups is 1. The summed E-state index contributed by atoms with van der Waals surface area (Å²) in [6.45, 7) is 3.16. The van der Waals surface area contributed by atoms with Crippen molar-refractivity contribution in [3.8, 4) is 0 Å². The first kappa shape index (κ1) is 25.4. The number of ether oxygens (including phenoxy) is 1. The zero-order valence-corrected chi connectivity index (χ0v) is 19.9. The summed E-state index contributed by atoms with van der Waals surface area (Å²) in [5.41, 5.74) is 0. The van der Waals surface area contributed by atoms with E-state index in [1.807, 2.05) is 0 Å². The maximum Gasteiger partial charge on any atom is 0.240 e. The quantitative estimate of drug-likeness (QED) is 0.465. The van der Waals surface area contributed by atoms with Gasteiger partial charge in [0, 0.05) is 24.5 Å². The van der Waals surface area contributed by atoms with Gasteiger partial charge in [-0.25, -0.2) is 13.1 Å². The number of rotatable bonds is 10. The number of piperidine rings is 1. The Kier molecular flexibility index (Phi) is 9.76. The van der Waals surface area contributed by atoms with Gasteiger partial charge < -0.3 is 20.1 Å². The molecule has 1 aromatic rings. The second kappa shape index (κ2) is 12.3. The Bertz CT molecular complexity index is 848. The van der Waals surface area contributed by atoms with Gasteiger partial charge in [-0.1, -0.05) is 24.1 Å². The Balaban J connectivity index is 1.40. The number of aliphatic hydroxyl groups excluding tert-OH is 1. The van der Waals surface area contributed by atoms with E-state index in [0.29, 0.717) is 37.3 Å². The zero-order valence-electron chi connectivity index (χ0n) is 18.3. The van der Waals surface area contributed by atoms with Crippen LogP contribution >= 0.6 is 11.6 Å². The Morgan fingerprint density at radius 2 is 2.00 bits per heavy atom. The largest absolute Gasteiger partial charge is 0.394 e. The van der Waals surface area contributed by atoms with Crippen molar-refractivity contribution >= 4 is 27.5 Å². The molecule has 0 saturated carbocycles. The van der Waals surface area contributed by atoms with Gasteiger partial charge in [-0.3, -0.25) is 4.79 Å². The van der Waals surface area contributed by atoms with Crippen LogP contribution in [-0.2, 0) is 19.6 Å². The number of carbonyl (C=O) groups excluding carboxylic acids is 1. The summed E-state index contributed by atoms with van der Waals surface area (Å²) in [5, 5.41) is 13.0. The van der Waals surface area contributed by atoms with Crippen molar-refractivity contribution in [3.63, 3.8) is 0 Å². The van der Waals surface area contributed by atoms with Crippen molar-refractivity contribution in [2.75, 3.05) is 32.8 Å². The summed E-state index contributed by atoms with van der Waals surface area (Å²) in [6.07, 6.45) is 5.23. The van der Waals surface area contributed by atoms with Crippen molar-refractivity contribution in [2.45, 2.75) is 68.1 Å². The Labute approximate surface area is 195 Å². The highest BCUT2D eigenvalue weighted by Gasteiger charge is 2.34. The molecule has 2 fully saturated rings. The third-order valence-electron chi connectivity index (χ3n) is 6.10. The SMILES string of the molecule is O=C(CCN1CCCCC1)NCC[C@H]1CC[C@@H](NS(=O)(=O)c2cccc(Cl)c2)[C@H](CO)O1. The zero-order chi connectivity index (χ0) is 23.0. The molecule has 0 spiro atoms. The van der Waals surface area contributed by atoms with Crippen LogP contribution in [0.3, 0.4) is 0 Å². The molecule has 0 radical (unpaired) electrons. The van der Waals surface area contributed by atoms with E-state index in [4.69, 9.17) is 16.3 Å². The van der Waals surface area contributed by atoms with Crippen LogP contribution in [0.1, 0.15) is 44.9 Å². The molecule has 0 aliphatic carbocycles. The highest BCUT2D eigenvalue weighted by atomic mass is 35.5. The van der Waals surface area contributed by atoms with Gasteiger partial charge in [-0.2, -0.15) is 0 Å². The molecule has 1 aromatic carbocycles. The van der Waals surface area contributed by atoms with Gasteiger partial charge in [0.05, 0.1) is 29.8 Å². The third-order valence-corrected chi connectivity index (χ3v) is 7.82. The van der Waals surface area contributed by atoms with Gasteiger partial charge in [0.25, 0.3) is 0 Å². The lowest BCUT2D eigenvalue weighted by Gasteiger charge is -2.36. The van der Waals surface area contributed by atoms with Crippen LogP contribution in [0.15, 0.2) is 29.2 Å². The summed E-state index contributed by atoms with van der Waals surface area (Å²) in [5.74, 6) is 0.0391. The first-order valence-corrected chi connectivity index (χ1v) is 13.3.